The number of likely N-dealkylation sites (tertiary alicyclic amines) is 1. The lowest BCUT2D eigenvalue weighted by Crippen LogP contribution is -2.61. The van der Waals surface area contributed by atoms with Crippen molar-refractivity contribution in [3.63, 3.8) is 0 Å². The molecule has 0 unspecified atom stereocenters. The lowest BCUT2D eigenvalue weighted by molar-refractivity contribution is 0.00520. The van der Waals surface area contributed by atoms with Crippen molar-refractivity contribution in [2.24, 2.45) is 0 Å². The first-order valence-corrected chi connectivity index (χ1v) is 8.61. The molecule has 0 atom stereocenters. The lowest BCUT2D eigenvalue weighted by atomic mass is 10.1. The number of nitrogens with zero attached hydrogens (tertiary/aromatic N) is 2. The minimum absolute atomic E-state index is 0.191. The Balaban J connectivity index is 1.54. The minimum Gasteiger partial charge on any atom is -0.444 e. The van der Waals surface area contributed by atoms with E-state index >= 15 is 0 Å². The lowest BCUT2D eigenvalue weighted by Gasteiger charge is -2.40. The number of rotatable bonds is 4. The van der Waals surface area contributed by atoms with Gasteiger partial charge in [0, 0.05) is 56.8 Å². The number of hydrogen-bond acceptors (Lipinski definition) is 5. The fourth-order valence-corrected chi connectivity index (χ4v) is 3.31. The van der Waals surface area contributed by atoms with Crippen molar-refractivity contribution in [3.05, 3.63) is 0 Å². The maximum atomic E-state index is 11.8. The van der Waals surface area contributed by atoms with Gasteiger partial charge < -0.3 is 19.9 Å². The SMILES string of the molecule is CC(C)(C)OC(=O)N1CC(NCCN2CCSCC2)C1. The molecule has 5 nitrogen and oxygen atoms in total. The van der Waals surface area contributed by atoms with Gasteiger partial charge in [0.1, 0.15) is 5.60 Å². The standard InChI is InChI=1S/C14H27N3O2S/c1-14(2,3)19-13(18)17-10-12(11-17)15-4-5-16-6-8-20-9-7-16/h12,15H,4-11H2,1-3H3. The van der Waals surface area contributed by atoms with E-state index in [2.05, 4.69) is 10.2 Å². The smallest absolute Gasteiger partial charge is 0.410 e. The second kappa shape index (κ2) is 7.00. The Morgan fingerprint density at radius 2 is 1.95 bits per heavy atom. The van der Waals surface area contributed by atoms with Crippen molar-refractivity contribution in [2.75, 3.05) is 50.8 Å². The zero-order valence-corrected chi connectivity index (χ0v) is 13.7. The summed E-state index contributed by atoms with van der Waals surface area (Å²) in [5.41, 5.74) is -0.401. The molecule has 116 valence electrons. The fraction of sp³-hybridized carbons (Fsp3) is 0.929. The molecule has 2 aliphatic heterocycles. The van der Waals surface area contributed by atoms with Gasteiger partial charge in [0.2, 0.25) is 0 Å². The third kappa shape index (κ3) is 5.14. The first-order chi connectivity index (χ1) is 9.44. The number of amides is 1. The molecule has 2 heterocycles. The van der Waals surface area contributed by atoms with Crippen molar-refractivity contribution in [3.8, 4) is 0 Å². The first kappa shape index (κ1) is 15.9. The van der Waals surface area contributed by atoms with Crippen molar-refractivity contribution in [1.29, 1.82) is 0 Å². The predicted molar refractivity (Wildman–Crippen MR) is 83.4 cm³/mol. The summed E-state index contributed by atoms with van der Waals surface area (Å²) in [7, 11) is 0. The van der Waals surface area contributed by atoms with Crippen LogP contribution in [0.15, 0.2) is 0 Å². The highest BCUT2D eigenvalue weighted by Crippen LogP contribution is 2.15. The van der Waals surface area contributed by atoms with E-state index in [9.17, 15) is 4.79 Å². The van der Waals surface area contributed by atoms with E-state index in [0.717, 1.165) is 26.2 Å². The zero-order chi connectivity index (χ0) is 14.6. The molecule has 0 radical (unpaired) electrons. The summed E-state index contributed by atoms with van der Waals surface area (Å²) < 4.78 is 5.34. The average Bonchev–Trinajstić information content (AvgIpc) is 2.31. The molecular weight excluding hydrogens is 274 g/mol. The molecule has 0 spiro atoms. The predicted octanol–water partition coefficient (Wildman–Crippen LogP) is 1.24. The highest BCUT2D eigenvalue weighted by Gasteiger charge is 2.33. The molecule has 1 N–H and O–H groups in total. The van der Waals surface area contributed by atoms with Gasteiger partial charge in [-0.05, 0) is 20.8 Å². The number of nitrogens with one attached hydrogen (secondary N) is 1. The Morgan fingerprint density at radius 3 is 2.55 bits per heavy atom. The summed E-state index contributed by atoms with van der Waals surface area (Å²) in [5.74, 6) is 2.52. The van der Waals surface area contributed by atoms with Gasteiger partial charge in [-0.1, -0.05) is 0 Å². The summed E-state index contributed by atoms with van der Waals surface area (Å²) in [6.07, 6.45) is -0.191. The van der Waals surface area contributed by atoms with Crippen LogP contribution in [0.1, 0.15) is 20.8 Å². The van der Waals surface area contributed by atoms with Crippen molar-refractivity contribution in [1.82, 2.24) is 15.1 Å². The number of carbonyl (C=O) groups is 1. The Kier molecular flexibility index (Phi) is 5.57. The maximum Gasteiger partial charge on any atom is 0.410 e. The maximum absolute atomic E-state index is 11.8. The molecule has 6 heteroatoms. The molecule has 2 rings (SSSR count). The summed E-state index contributed by atoms with van der Waals surface area (Å²) >= 11 is 2.04. The normalized spacial score (nSPS) is 21.6. The molecule has 0 saturated carbocycles. The van der Waals surface area contributed by atoms with E-state index in [1.54, 1.807) is 4.90 Å². The first-order valence-electron chi connectivity index (χ1n) is 7.45. The average molecular weight is 301 g/mol. The van der Waals surface area contributed by atoms with Gasteiger partial charge in [-0.25, -0.2) is 4.79 Å². The fourth-order valence-electron chi connectivity index (χ4n) is 2.33. The van der Waals surface area contributed by atoms with E-state index < -0.39 is 5.60 Å². The second-order valence-corrected chi connectivity index (χ2v) is 7.72. The van der Waals surface area contributed by atoms with Gasteiger partial charge in [0.15, 0.2) is 0 Å². The number of carbonyl (C=O) groups excluding carboxylic acids is 1. The van der Waals surface area contributed by atoms with Crippen LogP contribution in [-0.4, -0.2) is 78.3 Å². The Bertz CT molecular complexity index is 321. The summed E-state index contributed by atoms with van der Waals surface area (Å²) in [6, 6.07) is 0.432. The number of hydrogen-bond donors (Lipinski definition) is 1. The van der Waals surface area contributed by atoms with E-state index in [1.165, 1.54) is 24.6 Å². The van der Waals surface area contributed by atoms with Crippen LogP contribution in [0.4, 0.5) is 4.79 Å². The van der Waals surface area contributed by atoms with E-state index in [1.807, 2.05) is 32.5 Å². The minimum atomic E-state index is -0.401. The van der Waals surface area contributed by atoms with Crippen LogP contribution in [-0.2, 0) is 4.74 Å². The van der Waals surface area contributed by atoms with Gasteiger partial charge >= 0.3 is 6.09 Å². The van der Waals surface area contributed by atoms with Gasteiger partial charge in [-0.3, -0.25) is 0 Å². The van der Waals surface area contributed by atoms with Crippen LogP contribution in [0.25, 0.3) is 0 Å². The van der Waals surface area contributed by atoms with Gasteiger partial charge in [0.05, 0.1) is 0 Å². The Morgan fingerprint density at radius 1 is 1.30 bits per heavy atom. The van der Waals surface area contributed by atoms with Crippen LogP contribution < -0.4 is 5.32 Å². The van der Waals surface area contributed by atoms with Gasteiger partial charge in [0.25, 0.3) is 0 Å². The molecular formula is C14H27N3O2S. The molecule has 0 aromatic heterocycles. The largest absolute Gasteiger partial charge is 0.444 e. The van der Waals surface area contributed by atoms with Crippen LogP contribution >= 0.6 is 11.8 Å². The van der Waals surface area contributed by atoms with Gasteiger partial charge in [-0.2, -0.15) is 11.8 Å². The molecule has 2 aliphatic rings. The van der Waals surface area contributed by atoms with Crippen LogP contribution in [0, 0.1) is 0 Å². The number of ether oxygens (including phenoxy) is 1. The summed E-state index contributed by atoms with van der Waals surface area (Å²) in [5, 5.41) is 3.52. The molecule has 2 saturated heterocycles. The highest BCUT2D eigenvalue weighted by molar-refractivity contribution is 7.99. The topological polar surface area (TPSA) is 44.8 Å². The van der Waals surface area contributed by atoms with Crippen molar-refractivity contribution >= 4 is 17.9 Å². The van der Waals surface area contributed by atoms with Gasteiger partial charge in [-0.15, -0.1) is 0 Å². The van der Waals surface area contributed by atoms with E-state index in [0.29, 0.717) is 6.04 Å². The molecule has 0 aliphatic carbocycles. The third-order valence-corrected chi connectivity index (χ3v) is 4.44. The molecule has 1 amide bonds. The summed E-state index contributed by atoms with van der Waals surface area (Å²) in [6.45, 7) is 11.8. The van der Waals surface area contributed by atoms with E-state index in [-0.39, 0.29) is 6.09 Å². The molecule has 0 bridgehead atoms. The molecule has 2 fully saturated rings. The molecule has 0 aromatic rings. The zero-order valence-electron chi connectivity index (χ0n) is 12.9. The van der Waals surface area contributed by atoms with Crippen molar-refractivity contribution in [2.45, 2.75) is 32.4 Å². The molecule has 20 heavy (non-hydrogen) atoms. The van der Waals surface area contributed by atoms with Crippen molar-refractivity contribution < 1.29 is 9.53 Å². The van der Waals surface area contributed by atoms with Crippen LogP contribution in [0.3, 0.4) is 0 Å². The quantitative estimate of drug-likeness (QED) is 0.846. The number of thioether (sulfide) groups is 1. The monoisotopic (exact) mass is 301 g/mol. The Labute approximate surface area is 126 Å². The van der Waals surface area contributed by atoms with E-state index in [4.69, 9.17) is 4.74 Å². The third-order valence-electron chi connectivity index (χ3n) is 3.50. The Hall–Kier alpha value is -0.460. The summed E-state index contributed by atoms with van der Waals surface area (Å²) in [4.78, 5) is 16.0. The van der Waals surface area contributed by atoms with Crippen LogP contribution in [0.5, 0.6) is 0 Å². The highest BCUT2D eigenvalue weighted by atomic mass is 32.2. The van der Waals surface area contributed by atoms with Crippen LogP contribution in [0.2, 0.25) is 0 Å². The molecule has 0 aromatic carbocycles. The second-order valence-electron chi connectivity index (χ2n) is 6.49.